The quantitative estimate of drug-likeness (QED) is 0.569. The van der Waals surface area contributed by atoms with Crippen molar-refractivity contribution in [3.05, 3.63) is 0 Å². The molecule has 48 valence electrons. The predicted octanol–water partition coefficient (Wildman–Crippen LogP) is 0.513. The Hall–Kier alpha value is -0.0800. The van der Waals surface area contributed by atoms with Crippen molar-refractivity contribution in [1.29, 1.82) is 0 Å². The summed E-state index contributed by atoms with van der Waals surface area (Å²) in [6.45, 7) is 2.85. The molecule has 0 aromatic heterocycles. The van der Waals surface area contributed by atoms with Crippen LogP contribution in [0.25, 0.3) is 0 Å². The summed E-state index contributed by atoms with van der Waals surface area (Å²) >= 11 is 0. The molecule has 1 aliphatic carbocycles. The van der Waals surface area contributed by atoms with Crippen molar-refractivity contribution in [2.24, 2.45) is 5.73 Å². The van der Waals surface area contributed by atoms with Crippen molar-refractivity contribution in [2.45, 2.75) is 31.9 Å². The first-order chi connectivity index (χ1) is 3.83. The fraction of sp³-hybridized carbons (Fsp3) is 1.00. The van der Waals surface area contributed by atoms with Gasteiger partial charge >= 0.3 is 0 Å². The first-order valence-electron chi connectivity index (χ1n) is 3.20. The van der Waals surface area contributed by atoms with Crippen LogP contribution in [0.1, 0.15) is 19.8 Å². The van der Waals surface area contributed by atoms with Gasteiger partial charge in [-0.05, 0) is 19.8 Å². The number of hydrogen-bond donors (Lipinski definition) is 1. The summed E-state index contributed by atoms with van der Waals surface area (Å²) in [6, 6.07) is 0.423. The minimum absolute atomic E-state index is 0.423. The largest absolute Gasteiger partial charge is 0.378 e. The van der Waals surface area contributed by atoms with E-state index in [0.29, 0.717) is 12.1 Å². The normalized spacial score (nSPS) is 36.8. The molecule has 1 aliphatic rings. The lowest BCUT2D eigenvalue weighted by Gasteiger charge is -2.31. The summed E-state index contributed by atoms with van der Waals surface area (Å²) in [5.41, 5.74) is 5.52. The zero-order valence-electron chi connectivity index (χ0n) is 5.26. The van der Waals surface area contributed by atoms with E-state index in [1.807, 2.05) is 6.92 Å². The number of nitrogens with two attached hydrogens (primary N) is 1. The van der Waals surface area contributed by atoms with Gasteiger partial charge in [-0.25, -0.2) is 0 Å². The van der Waals surface area contributed by atoms with Crippen LogP contribution in [-0.2, 0) is 4.74 Å². The molecule has 0 bridgehead atoms. The van der Waals surface area contributed by atoms with Gasteiger partial charge in [0.15, 0.2) is 0 Å². The Bertz CT molecular complexity index is 66.2. The molecule has 1 rings (SSSR count). The maximum absolute atomic E-state index is 5.52. The Kier molecular flexibility index (Phi) is 1.86. The van der Waals surface area contributed by atoms with E-state index in [9.17, 15) is 0 Å². The number of ether oxygens (including phenoxy) is 1. The topological polar surface area (TPSA) is 35.2 Å². The van der Waals surface area contributed by atoms with Crippen LogP contribution >= 0.6 is 0 Å². The molecule has 0 spiro atoms. The van der Waals surface area contributed by atoms with Gasteiger partial charge in [0, 0.05) is 12.6 Å². The van der Waals surface area contributed by atoms with Crippen molar-refractivity contribution < 1.29 is 4.74 Å². The Morgan fingerprint density at radius 3 is 2.62 bits per heavy atom. The molecule has 0 heterocycles. The highest BCUT2D eigenvalue weighted by atomic mass is 16.5. The van der Waals surface area contributed by atoms with Crippen LogP contribution in [0.5, 0.6) is 0 Å². The summed E-state index contributed by atoms with van der Waals surface area (Å²) in [5, 5.41) is 0. The predicted molar refractivity (Wildman–Crippen MR) is 32.6 cm³/mol. The average Bonchev–Trinajstić information content (AvgIpc) is 1.64. The van der Waals surface area contributed by atoms with Gasteiger partial charge in [-0.15, -0.1) is 0 Å². The van der Waals surface area contributed by atoms with Gasteiger partial charge in [0.1, 0.15) is 0 Å². The van der Waals surface area contributed by atoms with E-state index in [0.717, 1.165) is 19.4 Å². The maximum Gasteiger partial charge on any atom is 0.0604 e. The second-order valence-corrected chi connectivity index (χ2v) is 2.31. The maximum atomic E-state index is 5.52. The zero-order valence-corrected chi connectivity index (χ0v) is 5.26. The molecular formula is C6H13NO. The van der Waals surface area contributed by atoms with Crippen molar-refractivity contribution >= 4 is 0 Å². The molecule has 0 radical (unpaired) electrons. The molecule has 0 amide bonds. The first-order valence-corrected chi connectivity index (χ1v) is 3.20. The molecule has 1 saturated carbocycles. The van der Waals surface area contributed by atoms with E-state index in [4.69, 9.17) is 10.5 Å². The number of hydrogen-bond acceptors (Lipinski definition) is 2. The molecule has 2 nitrogen and oxygen atoms in total. The monoisotopic (exact) mass is 115 g/mol. The smallest absolute Gasteiger partial charge is 0.0604 e. The minimum Gasteiger partial charge on any atom is -0.378 e. The van der Waals surface area contributed by atoms with Gasteiger partial charge in [-0.2, -0.15) is 0 Å². The third kappa shape index (κ3) is 1.20. The molecule has 2 heteroatoms. The van der Waals surface area contributed by atoms with Crippen molar-refractivity contribution in [2.75, 3.05) is 6.61 Å². The van der Waals surface area contributed by atoms with Crippen LogP contribution in [0, 0.1) is 0 Å². The fourth-order valence-corrected chi connectivity index (χ4v) is 0.978. The Morgan fingerprint density at radius 1 is 1.62 bits per heavy atom. The van der Waals surface area contributed by atoms with Gasteiger partial charge in [0.2, 0.25) is 0 Å². The molecule has 1 fully saturated rings. The lowest BCUT2D eigenvalue weighted by Crippen LogP contribution is -2.41. The third-order valence-corrected chi connectivity index (χ3v) is 1.53. The van der Waals surface area contributed by atoms with Crippen molar-refractivity contribution in [3.8, 4) is 0 Å². The van der Waals surface area contributed by atoms with E-state index in [2.05, 4.69) is 0 Å². The SMILES string of the molecule is CCO[C@H]1C[C@@H](N)C1. The van der Waals surface area contributed by atoms with Crippen LogP contribution in [0.3, 0.4) is 0 Å². The highest BCUT2D eigenvalue weighted by Gasteiger charge is 2.25. The summed E-state index contributed by atoms with van der Waals surface area (Å²) in [4.78, 5) is 0. The lowest BCUT2D eigenvalue weighted by atomic mass is 9.90. The van der Waals surface area contributed by atoms with Crippen LogP contribution in [0.4, 0.5) is 0 Å². The highest BCUT2D eigenvalue weighted by Crippen LogP contribution is 2.20. The zero-order chi connectivity index (χ0) is 5.98. The molecular weight excluding hydrogens is 102 g/mol. The standard InChI is InChI=1S/C6H13NO/c1-2-8-6-3-5(7)4-6/h5-6H,2-4,7H2,1H3/t5-,6+. The van der Waals surface area contributed by atoms with E-state index in [1.54, 1.807) is 0 Å². The summed E-state index contributed by atoms with van der Waals surface area (Å²) in [5.74, 6) is 0. The molecule has 0 aromatic carbocycles. The van der Waals surface area contributed by atoms with E-state index in [1.165, 1.54) is 0 Å². The summed E-state index contributed by atoms with van der Waals surface area (Å²) in [7, 11) is 0. The van der Waals surface area contributed by atoms with E-state index >= 15 is 0 Å². The molecule has 8 heavy (non-hydrogen) atoms. The Balaban J connectivity index is 1.98. The molecule has 2 N–H and O–H groups in total. The molecule has 0 saturated heterocycles. The third-order valence-electron chi connectivity index (χ3n) is 1.53. The highest BCUT2D eigenvalue weighted by molar-refractivity contribution is 4.82. The van der Waals surface area contributed by atoms with E-state index in [-0.39, 0.29) is 0 Å². The molecule has 0 atom stereocenters. The minimum atomic E-state index is 0.423. The van der Waals surface area contributed by atoms with E-state index < -0.39 is 0 Å². The molecule has 0 aliphatic heterocycles. The Labute approximate surface area is 50.0 Å². The second kappa shape index (κ2) is 2.46. The summed E-state index contributed by atoms with van der Waals surface area (Å²) < 4.78 is 5.27. The molecule has 0 aromatic rings. The Morgan fingerprint density at radius 2 is 2.25 bits per heavy atom. The lowest BCUT2D eigenvalue weighted by molar-refractivity contribution is -0.00122. The van der Waals surface area contributed by atoms with Crippen molar-refractivity contribution in [1.82, 2.24) is 0 Å². The van der Waals surface area contributed by atoms with Crippen molar-refractivity contribution in [3.63, 3.8) is 0 Å². The van der Waals surface area contributed by atoms with Gasteiger partial charge in [-0.1, -0.05) is 0 Å². The van der Waals surface area contributed by atoms with Gasteiger partial charge < -0.3 is 10.5 Å². The van der Waals surface area contributed by atoms with Gasteiger partial charge in [0.05, 0.1) is 6.10 Å². The van der Waals surface area contributed by atoms with Crippen LogP contribution in [-0.4, -0.2) is 18.8 Å². The van der Waals surface area contributed by atoms with Crippen LogP contribution in [0.15, 0.2) is 0 Å². The summed E-state index contributed by atoms with van der Waals surface area (Å²) in [6.07, 6.45) is 2.61. The molecule has 0 unspecified atom stereocenters. The van der Waals surface area contributed by atoms with Gasteiger partial charge in [-0.3, -0.25) is 0 Å². The average molecular weight is 115 g/mol. The number of rotatable bonds is 2. The van der Waals surface area contributed by atoms with Crippen LogP contribution < -0.4 is 5.73 Å². The fourth-order valence-electron chi connectivity index (χ4n) is 0.978. The van der Waals surface area contributed by atoms with Crippen LogP contribution in [0.2, 0.25) is 0 Å². The first kappa shape index (κ1) is 6.05. The van der Waals surface area contributed by atoms with Gasteiger partial charge in [0.25, 0.3) is 0 Å². The second-order valence-electron chi connectivity index (χ2n) is 2.31.